The normalized spacial score (nSPS) is 13.7. The number of hydrogen-bond acceptors (Lipinski definition) is 4. The summed E-state index contributed by atoms with van der Waals surface area (Å²) in [5, 5.41) is 3.36. The van der Waals surface area contributed by atoms with E-state index in [0.717, 1.165) is 4.90 Å². The van der Waals surface area contributed by atoms with E-state index >= 15 is 0 Å². The zero-order chi connectivity index (χ0) is 26.1. The van der Waals surface area contributed by atoms with E-state index in [1.165, 1.54) is 19.2 Å². The Hall–Kier alpha value is -3.24. The second-order valence-corrected chi connectivity index (χ2v) is 8.70. The van der Waals surface area contributed by atoms with Crippen LogP contribution in [0.15, 0.2) is 36.4 Å². The van der Waals surface area contributed by atoms with Gasteiger partial charge in [0.1, 0.15) is 11.4 Å². The van der Waals surface area contributed by atoms with Crippen LogP contribution >= 0.6 is 23.2 Å². The maximum Gasteiger partial charge on any atom is 0.259 e. The van der Waals surface area contributed by atoms with Crippen LogP contribution in [0.3, 0.4) is 0 Å². The maximum atomic E-state index is 14.2. The topological polar surface area (TPSA) is 44.8 Å². The number of halogens is 7. The zero-order valence-corrected chi connectivity index (χ0v) is 20.2. The third-order valence-corrected chi connectivity index (χ3v) is 6.27. The van der Waals surface area contributed by atoms with E-state index in [1.54, 1.807) is 29.2 Å². The number of nitrogens with one attached hydrogen (secondary N) is 1. The molecule has 12 heteroatoms. The average molecular weight is 546 g/mol. The van der Waals surface area contributed by atoms with Crippen LogP contribution in [0.5, 0.6) is 5.75 Å². The second-order valence-electron chi connectivity index (χ2n) is 7.86. The summed E-state index contributed by atoms with van der Waals surface area (Å²) in [6, 6.07) is 9.43. The fourth-order valence-electron chi connectivity index (χ4n) is 3.94. The van der Waals surface area contributed by atoms with Crippen molar-refractivity contribution in [1.29, 1.82) is 0 Å². The molecule has 3 aromatic rings. The zero-order valence-electron chi connectivity index (χ0n) is 18.6. The Balaban J connectivity index is 1.47. The molecule has 0 aliphatic carbocycles. The summed E-state index contributed by atoms with van der Waals surface area (Å²) in [6.45, 7) is 0.374. The van der Waals surface area contributed by atoms with Crippen molar-refractivity contribution in [2.45, 2.75) is 0 Å². The largest absolute Gasteiger partial charge is 0.496 e. The molecule has 0 atom stereocenters. The molecule has 4 rings (SSSR count). The maximum absolute atomic E-state index is 14.2. The molecule has 5 nitrogen and oxygen atoms in total. The monoisotopic (exact) mass is 545 g/mol. The Morgan fingerprint density at radius 1 is 0.833 bits per heavy atom. The number of ether oxygens (including phenoxy) is 1. The van der Waals surface area contributed by atoms with Gasteiger partial charge in [0.25, 0.3) is 5.91 Å². The molecule has 0 spiro atoms. The third-order valence-electron chi connectivity index (χ3n) is 5.73. The van der Waals surface area contributed by atoms with Gasteiger partial charge in [-0.3, -0.25) is 4.79 Å². The lowest BCUT2D eigenvalue weighted by Crippen LogP contribution is -2.47. The molecule has 1 aliphatic rings. The molecule has 1 aliphatic heterocycles. The minimum Gasteiger partial charge on any atom is -0.496 e. The van der Waals surface area contributed by atoms with Gasteiger partial charge in [-0.15, -0.1) is 0 Å². The van der Waals surface area contributed by atoms with Gasteiger partial charge >= 0.3 is 0 Å². The van der Waals surface area contributed by atoms with Gasteiger partial charge in [-0.25, -0.2) is 22.0 Å². The standard InChI is InChI=1S/C24H18Cl2F5N3O2/c1-36-17-5-2-12(25)10-14(17)24(35)32-13-3-4-16(15(26)11-13)33-6-8-34(9-7-33)23-21(30)19(28)18(27)20(29)22(23)31/h2-5,10-11H,6-9H2,1H3,(H,32,35). The number of rotatable bonds is 5. The molecule has 36 heavy (non-hydrogen) atoms. The summed E-state index contributed by atoms with van der Waals surface area (Å²) in [5.74, 6) is -10.0. The summed E-state index contributed by atoms with van der Waals surface area (Å²) < 4.78 is 74.1. The Morgan fingerprint density at radius 3 is 2.00 bits per heavy atom. The number of amides is 1. The molecular formula is C24H18Cl2F5N3O2. The molecule has 1 amide bonds. The lowest BCUT2D eigenvalue weighted by Gasteiger charge is -2.38. The molecular weight excluding hydrogens is 528 g/mol. The van der Waals surface area contributed by atoms with Crippen LogP contribution in [0, 0.1) is 29.1 Å². The lowest BCUT2D eigenvalue weighted by molar-refractivity contribution is 0.102. The first-order valence-corrected chi connectivity index (χ1v) is 11.3. The smallest absolute Gasteiger partial charge is 0.259 e. The molecule has 0 unspecified atom stereocenters. The summed E-state index contributed by atoms with van der Waals surface area (Å²) >= 11 is 12.4. The molecule has 190 valence electrons. The van der Waals surface area contributed by atoms with Gasteiger partial charge in [0, 0.05) is 36.9 Å². The van der Waals surface area contributed by atoms with Crippen molar-refractivity contribution in [2.75, 3.05) is 48.4 Å². The van der Waals surface area contributed by atoms with E-state index in [4.69, 9.17) is 27.9 Å². The van der Waals surface area contributed by atoms with Crippen LogP contribution in [0.2, 0.25) is 10.0 Å². The Bertz CT molecular complexity index is 1300. The minimum absolute atomic E-state index is 0.0122. The van der Waals surface area contributed by atoms with Crippen LogP contribution in [0.25, 0.3) is 0 Å². The van der Waals surface area contributed by atoms with Gasteiger partial charge in [0.2, 0.25) is 5.82 Å². The fourth-order valence-corrected chi connectivity index (χ4v) is 4.41. The van der Waals surface area contributed by atoms with Crippen LogP contribution in [0.1, 0.15) is 10.4 Å². The summed E-state index contributed by atoms with van der Waals surface area (Å²) in [6.07, 6.45) is 0. The highest BCUT2D eigenvalue weighted by Gasteiger charge is 2.31. The molecule has 0 saturated carbocycles. The van der Waals surface area contributed by atoms with Crippen molar-refractivity contribution in [3.8, 4) is 5.75 Å². The molecule has 1 fully saturated rings. The van der Waals surface area contributed by atoms with Crippen molar-refractivity contribution in [3.63, 3.8) is 0 Å². The van der Waals surface area contributed by atoms with E-state index in [-0.39, 0.29) is 36.8 Å². The lowest BCUT2D eigenvalue weighted by atomic mass is 10.1. The van der Waals surface area contributed by atoms with Crippen molar-refractivity contribution in [2.24, 2.45) is 0 Å². The summed E-state index contributed by atoms with van der Waals surface area (Å²) in [5.41, 5.74) is 0.254. The van der Waals surface area contributed by atoms with Gasteiger partial charge in [0.15, 0.2) is 23.3 Å². The van der Waals surface area contributed by atoms with Crippen LogP contribution < -0.4 is 19.9 Å². The first kappa shape index (κ1) is 25.8. The fraction of sp³-hybridized carbons (Fsp3) is 0.208. The van der Waals surface area contributed by atoms with Crippen LogP contribution in [-0.2, 0) is 0 Å². The second kappa shape index (κ2) is 10.4. The van der Waals surface area contributed by atoms with E-state index in [2.05, 4.69) is 5.32 Å². The highest BCUT2D eigenvalue weighted by Crippen LogP contribution is 2.34. The molecule has 1 saturated heterocycles. The van der Waals surface area contributed by atoms with Gasteiger partial charge in [-0.05, 0) is 36.4 Å². The number of hydrogen-bond donors (Lipinski definition) is 1. The first-order chi connectivity index (χ1) is 17.1. The number of methoxy groups -OCH3 is 1. The van der Waals surface area contributed by atoms with E-state index in [9.17, 15) is 26.7 Å². The van der Waals surface area contributed by atoms with Gasteiger partial charge in [-0.2, -0.15) is 0 Å². The Morgan fingerprint density at radius 2 is 1.42 bits per heavy atom. The number of nitrogens with zero attached hydrogens (tertiary/aromatic N) is 2. The van der Waals surface area contributed by atoms with E-state index in [1.807, 2.05) is 0 Å². The molecule has 3 aromatic carbocycles. The molecule has 0 bridgehead atoms. The van der Waals surface area contributed by atoms with E-state index < -0.39 is 40.7 Å². The van der Waals surface area contributed by atoms with Crippen LogP contribution in [-0.4, -0.2) is 39.2 Å². The summed E-state index contributed by atoms with van der Waals surface area (Å²) in [4.78, 5) is 15.6. The molecule has 0 aromatic heterocycles. The Labute approximate surface area is 213 Å². The predicted molar refractivity (Wildman–Crippen MR) is 128 cm³/mol. The highest BCUT2D eigenvalue weighted by atomic mass is 35.5. The molecule has 1 heterocycles. The SMILES string of the molecule is COc1ccc(Cl)cc1C(=O)Nc1ccc(N2CCN(c3c(F)c(F)c(F)c(F)c3F)CC2)c(Cl)c1. The predicted octanol–water partition coefficient (Wildman–Crippen LogP) is 6.28. The number of carbonyl (C=O) groups is 1. The number of anilines is 3. The summed E-state index contributed by atoms with van der Waals surface area (Å²) in [7, 11) is 1.43. The van der Waals surface area contributed by atoms with Crippen molar-refractivity contribution >= 4 is 46.2 Å². The third kappa shape index (κ3) is 4.87. The first-order valence-electron chi connectivity index (χ1n) is 10.6. The van der Waals surface area contributed by atoms with Gasteiger partial charge in [-0.1, -0.05) is 23.2 Å². The minimum atomic E-state index is -2.19. The van der Waals surface area contributed by atoms with Crippen molar-refractivity contribution < 1.29 is 31.5 Å². The number of benzene rings is 3. The molecule has 1 N–H and O–H groups in total. The van der Waals surface area contributed by atoms with Gasteiger partial charge < -0.3 is 19.9 Å². The highest BCUT2D eigenvalue weighted by molar-refractivity contribution is 6.33. The quantitative estimate of drug-likeness (QED) is 0.233. The van der Waals surface area contributed by atoms with Gasteiger partial charge in [0.05, 0.1) is 23.4 Å². The molecule has 0 radical (unpaired) electrons. The van der Waals surface area contributed by atoms with Crippen molar-refractivity contribution in [3.05, 3.63) is 81.1 Å². The number of carbonyl (C=O) groups excluding carboxylic acids is 1. The average Bonchev–Trinajstić information content (AvgIpc) is 2.87. The van der Waals surface area contributed by atoms with Crippen LogP contribution in [0.4, 0.5) is 39.0 Å². The van der Waals surface area contributed by atoms with Crippen molar-refractivity contribution in [1.82, 2.24) is 0 Å². The number of piperazine rings is 1. The Kier molecular flexibility index (Phi) is 7.46. The van der Waals surface area contributed by atoms with E-state index in [0.29, 0.717) is 22.1 Å².